The normalized spacial score (nSPS) is 14.7. The first-order valence-electron chi connectivity index (χ1n) is 14.4. The van der Waals surface area contributed by atoms with Gasteiger partial charge in [-0.1, -0.05) is 114 Å². The molecule has 2 unspecified atom stereocenters. The quantitative estimate of drug-likeness (QED) is 0.0592. The van der Waals surface area contributed by atoms with Crippen molar-refractivity contribution in [2.24, 2.45) is 0 Å². The van der Waals surface area contributed by atoms with E-state index in [1.54, 1.807) is 0 Å². The molecule has 33 heavy (non-hydrogen) atoms. The van der Waals surface area contributed by atoms with Crippen LogP contribution >= 0.6 is 8.03 Å². The third-order valence-corrected chi connectivity index (χ3v) is 9.05. The van der Waals surface area contributed by atoms with Gasteiger partial charge in [-0.25, -0.2) is 0 Å². The predicted octanol–water partition coefficient (Wildman–Crippen LogP) is 9.28. The summed E-state index contributed by atoms with van der Waals surface area (Å²) in [6.07, 6.45) is 31.2. The Labute approximate surface area is 209 Å². The van der Waals surface area contributed by atoms with Crippen LogP contribution in [0.4, 0.5) is 0 Å². The molecule has 0 aliphatic carbocycles. The van der Waals surface area contributed by atoms with Crippen molar-refractivity contribution in [2.45, 2.75) is 154 Å². The molecule has 3 nitrogen and oxygen atoms in total. The van der Waals surface area contributed by atoms with Gasteiger partial charge in [0.25, 0.3) is 5.28 Å². The van der Waals surface area contributed by atoms with Crippen LogP contribution in [0.25, 0.3) is 0 Å². The van der Waals surface area contributed by atoms with E-state index in [4.69, 9.17) is 0 Å². The van der Waals surface area contributed by atoms with E-state index in [0.29, 0.717) is 4.48 Å². The highest BCUT2D eigenvalue weighted by atomic mass is 31.1. The second kappa shape index (κ2) is 21.1. The Morgan fingerprint density at radius 2 is 1.00 bits per heavy atom. The van der Waals surface area contributed by atoms with Gasteiger partial charge in [0.1, 0.15) is 0 Å². The zero-order chi connectivity index (χ0) is 24.8. The van der Waals surface area contributed by atoms with Crippen molar-refractivity contribution in [3.63, 3.8) is 0 Å². The molecule has 0 heterocycles. The Bertz CT molecular complexity index is 487. The lowest BCUT2D eigenvalue weighted by Gasteiger charge is -2.39. The molecule has 0 bridgehead atoms. The first-order valence-corrected chi connectivity index (χ1v) is 15.6. The van der Waals surface area contributed by atoms with Gasteiger partial charge in [-0.05, 0) is 38.5 Å². The number of unbranched alkanes of at least 4 members (excludes halogenated alkanes) is 16. The predicted molar refractivity (Wildman–Crippen MR) is 146 cm³/mol. The zero-order valence-corrected chi connectivity index (χ0v) is 24.1. The first-order chi connectivity index (χ1) is 15.8. The average molecular weight is 485 g/mol. The first kappa shape index (κ1) is 32.8. The molecular weight excluding hydrogens is 425 g/mol. The number of quaternary nitrogens is 1. The molecule has 0 saturated heterocycles. The van der Waals surface area contributed by atoms with Crippen LogP contribution in [0.3, 0.4) is 0 Å². The van der Waals surface area contributed by atoms with E-state index in [1.807, 2.05) is 21.1 Å². The summed E-state index contributed by atoms with van der Waals surface area (Å²) in [5.74, 6) is 0. The van der Waals surface area contributed by atoms with Crippen molar-refractivity contribution < 1.29 is 13.9 Å². The van der Waals surface area contributed by atoms with E-state index >= 15 is 0 Å². The van der Waals surface area contributed by atoms with E-state index < -0.39 is 13.3 Å². The Balaban J connectivity index is 3.62. The van der Waals surface area contributed by atoms with Crippen LogP contribution in [0.5, 0.6) is 0 Å². The van der Waals surface area contributed by atoms with Crippen molar-refractivity contribution in [1.82, 2.24) is 0 Å². The molecule has 0 aliphatic rings. The molecule has 4 heteroatoms. The summed E-state index contributed by atoms with van der Waals surface area (Å²) < 4.78 is 12.6. The molecule has 0 saturated carbocycles. The molecule has 0 aromatic carbocycles. The minimum Gasteiger partial charge on any atom is -0.590 e. The second-order valence-corrected chi connectivity index (χ2v) is 12.5. The molecular formula is C29H59NO2P+. The molecule has 0 aliphatic heterocycles. The topological polar surface area (TPSA) is 40.1 Å². The minimum atomic E-state index is -2.43. The van der Waals surface area contributed by atoms with Gasteiger partial charge in [0.05, 0.1) is 21.1 Å². The largest absolute Gasteiger partial charge is 0.590 e. The average Bonchev–Trinajstić information content (AvgIpc) is 2.76. The fourth-order valence-electron chi connectivity index (χ4n) is 4.99. The summed E-state index contributed by atoms with van der Waals surface area (Å²) in [7, 11) is 3.67. The highest BCUT2D eigenvalue weighted by Gasteiger charge is 2.53. The third-order valence-electron chi connectivity index (χ3n) is 7.33. The fraction of sp³-hybridized carbons (Fsp3) is 0.931. The maximum atomic E-state index is 12.1. The zero-order valence-electron chi connectivity index (χ0n) is 23.2. The summed E-state index contributed by atoms with van der Waals surface area (Å²) in [6.45, 7) is 4.38. The van der Waals surface area contributed by atoms with Gasteiger partial charge in [-0.2, -0.15) is 0 Å². The highest BCUT2D eigenvalue weighted by molar-refractivity contribution is 7.38. The summed E-state index contributed by atoms with van der Waals surface area (Å²) in [5.41, 5.74) is 0. The van der Waals surface area contributed by atoms with Crippen LogP contribution in [0.15, 0.2) is 12.2 Å². The third kappa shape index (κ3) is 16.1. The van der Waals surface area contributed by atoms with Crippen molar-refractivity contribution in [1.29, 1.82) is 0 Å². The van der Waals surface area contributed by atoms with E-state index in [2.05, 4.69) is 26.0 Å². The van der Waals surface area contributed by atoms with E-state index in [-0.39, 0.29) is 0 Å². The number of hydrogen-bond donors (Lipinski definition) is 0. The monoisotopic (exact) mass is 484 g/mol. The molecule has 0 amide bonds. The number of allylic oxidation sites excluding steroid dienone is 2. The maximum absolute atomic E-state index is 12.1. The van der Waals surface area contributed by atoms with Crippen LogP contribution in [-0.4, -0.2) is 30.9 Å². The SMILES string of the molecule is CCCCCCCCCCCCC/C=C\CCCCCCCC(CCC)([P+](=O)[O-])[N+](C)(C)C. The molecule has 0 rings (SSSR count). The van der Waals surface area contributed by atoms with Gasteiger partial charge in [0, 0.05) is 12.8 Å². The Kier molecular flexibility index (Phi) is 20.9. The van der Waals surface area contributed by atoms with Crippen LogP contribution in [0, 0.1) is 0 Å². The number of hydrogen-bond acceptors (Lipinski definition) is 2. The summed E-state index contributed by atoms with van der Waals surface area (Å²) >= 11 is 0. The minimum absolute atomic E-state index is 0.517. The molecule has 0 spiro atoms. The van der Waals surface area contributed by atoms with Gasteiger partial charge >= 0.3 is 8.03 Å². The molecule has 2 atom stereocenters. The van der Waals surface area contributed by atoms with Crippen LogP contribution in [-0.2, 0) is 4.57 Å². The molecule has 196 valence electrons. The molecule has 0 N–H and O–H groups in total. The standard InChI is InChI=1S/C29H59NO2P/c1-6-8-9-10-11-12-13-14-15-16-17-18-19-20-21-22-23-24-25-26-28-29(27-7-2,33(31)32)30(3,4)5/h19-20H,6-18,21-28H2,1-5H3/q+1/b20-19-. The van der Waals surface area contributed by atoms with Crippen molar-refractivity contribution in [3.05, 3.63) is 12.2 Å². The lowest BCUT2D eigenvalue weighted by molar-refractivity contribution is -0.910. The van der Waals surface area contributed by atoms with Gasteiger partial charge in [0.15, 0.2) is 0 Å². The summed E-state index contributed by atoms with van der Waals surface area (Å²) in [4.78, 5) is 12.1. The van der Waals surface area contributed by atoms with Gasteiger partial charge in [-0.15, -0.1) is 0 Å². The Hall–Kier alpha value is -0.240. The Morgan fingerprint density at radius 3 is 1.36 bits per heavy atom. The smallest absolute Gasteiger partial charge is 0.376 e. The Morgan fingerprint density at radius 1 is 0.606 bits per heavy atom. The van der Waals surface area contributed by atoms with Gasteiger partial charge in [-0.3, -0.25) is 4.48 Å². The second-order valence-electron chi connectivity index (χ2n) is 11.1. The lowest BCUT2D eigenvalue weighted by atomic mass is 9.99. The van der Waals surface area contributed by atoms with Crippen molar-refractivity contribution in [2.75, 3.05) is 21.1 Å². The maximum Gasteiger partial charge on any atom is 0.376 e. The van der Waals surface area contributed by atoms with E-state index in [1.165, 1.54) is 103 Å². The fourth-order valence-corrected chi connectivity index (χ4v) is 6.22. The van der Waals surface area contributed by atoms with Gasteiger partial charge in [0.2, 0.25) is 0 Å². The highest BCUT2D eigenvalue weighted by Crippen LogP contribution is 2.45. The number of rotatable bonds is 24. The van der Waals surface area contributed by atoms with Crippen LogP contribution in [0.1, 0.15) is 149 Å². The molecule has 0 aromatic heterocycles. The van der Waals surface area contributed by atoms with E-state index in [0.717, 1.165) is 32.1 Å². The molecule has 0 radical (unpaired) electrons. The summed E-state index contributed by atoms with van der Waals surface area (Å²) in [5, 5.41) is -0.596. The number of nitrogens with zero attached hydrogens (tertiary/aromatic N) is 1. The van der Waals surface area contributed by atoms with Crippen molar-refractivity contribution >= 4 is 8.03 Å². The summed E-state index contributed by atoms with van der Waals surface area (Å²) in [6, 6.07) is 0. The van der Waals surface area contributed by atoms with Crippen molar-refractivity contribution in [3.8, 4) is 0 Å². The van der Waals surface area contributed by atoms with Crippen LogP contribution < -0.4 is 4.89 Å². The molecule has 0 aromatic rings. The van der Waals surface area contributed by atoms with E-state index in [9.17, 15) is 9.46 Å². The molecule has 0 fully saturated rings. The van der Waals surface area contributed by atoms with Gasteiger partial charge < -0.3 is 4.89 Å². The lowest BCUT2D eigenvalue weighted by Crippen LogP contribution is -2.55. The van der Waals surface area contributed by atoms with Crippen LogP contribution in [0.2, 0.25) is 0 Å².